The Balaban J connectivity index is 1.54. The first-order chi connectivity index (χ1) is 13.4. The molecule has 0 radical (unpaired) electrons. The van der Waals surface area contributed by atoms with Crippen LogP contribution < -0.4 is 4.74 Å². The molecular weight excluding hydrogens is 372 g/mol. The van der Waals surface area contributed by atoms with Gasteiger partial charge in [-0.3, -0.25) is 0 Å². The van der Waals surface area contributed by atoms with Gasteiger partial charge in [0.1, 0.15) is 12.4 Å². The van der Waals surface area contributed by atoms with E-state index < -0.39 is 6.10 Å². The summed E-state index contributed by atoms with van der Waals surface area (Å²) in [4.78, 5) is 0. The smallest absolute Gasteiger partial charge is 0.209 e. The van der Waals surface area contributed by atoms with E-state index in [2.05, 4.69) is 42.4 Å². The van der Waals surface area contributed by atoms with Gasteiger partial charge < -0.3 is 9.84 Å². The van der Waals surface area contributed by atoms with E-state index in [0.29, 0.717) is 17.5 Å². The highest BCUT2D eigenvalue weighted by atomic mass is 32.2. The maximum atomic E-state index is 10.4. The summed E-state index contributed by atoms with van der Waals surface area (Å²) in [6.45, 7) is 7.26. The summed E-state index contributed by atoms with van der Waals surface area (Å²) in [5, 5.41) is 22.9. The summed E-state index contributed by atoms with van der Waals surface area (Å²) in [5.74, 6) is 1.26. The summed E-state index contributed by atoms with van der Waals surface area (Å²) >= 11 is 1.42. The Labute approximate surface area is 169 Å². The van der Waals surface area contributed by atoms with Crippen LogP contribution in [0.5, 0.6) is 5.75 Å². The molecule has 2 aromatic carbocycles. The van der Waals surface area contributed by atoms with Crippen molar-refractivity contribution in [1.29, 1.82) is 0 Å². The Hall–Kier alpha value is -2.38. The zero-order valence-corrected chi connectivity index (χ0v) is 17.3. The Kier molecular flexibility index (Phi) is 6.70. The van der Waals surface area contributed by atoms with Crippen LogP contribution in [0.1, 0.15) is 31.9 Å². The van der Waals surface area contributed by atoms with Gasteiger partial charge in [-0.15, -0.1) is 5.10 Å². The molecule has 3 aromatic rings. The normalized spacial score (nSPS) is 12.7. The number of nitrogens with zero attached hydrogens (tertiary/aromatic N) is 4. The van der Waals surface area contributed by atoms with Crippen molar-refractivity contribution >= 4 is 11.8 Å². The quantitative estimate of drug-likeness (QED) is 0.585. The van der Waals surface area contributed by atoms with Crippen molar-refractivity contribution in [2.24, 2.45) is 0 Å². The lowest BCUT2D eigenvalue weighted by Gasteiger charge is -2.23. The molecule has 0 aliphatic heterocycles. The standard InChI is InChI=1S/C21H26N4O2S/c1-21(2,3)18-11-7-8-12-19(18)27-14-17(26)15-28-20-22-23-24-25(20)13-16-9-5-4-6-10-16/h4-12,17,26H,13-15H2,1-3H3/t17-/m1/s1. The molecule has 0 spiro atoms. The van der Waals surface area contributed by atoms with Crippen LogP contribution in [0.2, 0.25) is 0 Å². The summed E-state index contributed by atoms with van der Waals surface area (Å²) < 4.78 is 7.64. The van der Waals surface area contributed by atoms with Crippen molar-refractivity contribution < 1.29 is 9.84 Å². The summed E-state index contributed by atoms with van der Waals surface area (Å²) in [7, 11) is 0. The second-order valence-electron chi connectivity index (χ2n) is 7.63. The molecule has 1 heterocycles. The first-order valence-corrected chi connectivity index (χ1v) is 10.3. The van der Waals surface area contributed by atoms with E-state index in [9.17, 15) is 5.11 Å². The minimum absolute atomic E-state index is 0.0180. The monoisotopic (exact) mass is 398 g/mol. The predicted octanol–water partition coefficient (Wildman–Crippen LogP) is 3.55. The van der Waals surface area contributed by atoms with Gasteiger partial charge in [-0.05, 0) is 33.0 Å². The molecule has 0 fully saturated rings. The largest absolute Gasteiger partial charge is 0.491 e. The van der Waals surface area contributed by atoms with Gasteiger partial charge in [-0.2, -0.15) is 0 Å². The third-order valence-corrected chi connectivity index (χ3v) is 5.31. The van der Waals surface area contributed by atoms with E-state index in [1.165, 1.54) is 11.8 Å². The molecule has 6 nitrogen and oxygen atoms in total. The Morgan fingerprint density at radius 1 is 1.07 bits per heavy atom. The maximum Gasteiger partial charge on any atom is 0.209 e. The lowest BCUT2D eigenvalue weighted by Crippen LogP contribution is -2.22. The summed E-state index contributed by atoms with van der Waals surface area (Å²) in [6, 6.07) is 18.0. The average molecular weight is 399 g/mol. The number of hydrogen-bond donors (Lipinski definition) is 1. The van der Waals surface area contributed by atoms with Crippen molar-refractivity contribution in [2.45, 2.75) is 44.0 Å². The lowest BCUT2D eigenvalue weighted by molar-refractivity contribution is 0.125. The number of para-hydroxylation sites is 1. The number of aliphatic hydroxyl groups excluding tert-OH is 1. The van der Waals surface area contributed by atoms with Crippen LogP contribution in [-0.2, 0) is 12.0 Å². The van der Waals surface area contributed by atoms with Gasteiger partial charge in [0.05, 0.1) is 12.6 Å². The van der Waals surface area contributed by atoms with Crippen molar-refractivity contribution in [3.05, 3.63) is 65.7 Å². The number of aliphatic hydroxyl groups is 1. The fraction of sp³-hybridized carbons (Fsp3) is 0.381. The van der Waals surface area contributed by atoms with Crippen molar-refractivity contribution in [3.8, 4) is 5.75 Å². The number of rotatable bonds is 8. The van der Waals surface area contributed by atoms with Crippen molar-refractivity contribution in [2.75, 3.05) is 12.4 Å². The Morgan fingerprint density at radius 2 is 1.79 bits per heavy atom. The van der Waals surface area contributed by atoms with Crippen molar-refractivity contribution in [3.63, 3.8) is 0 Å². The molecule has 7 heteroatoms. The molecule has 0 aliphatic carbocycles. The number of thioether (sulfide) groups is 1. The van der Waals surface area contributed by atoms with E-state index in [1.54, 1.807) is 4.68 Å². The third kappa shape index (κ3) is 5.56. The van der Waals surface area contributed by atoms with E-state index in [1.807, 2.05) is 48.5 Å². The molecule has 0 amide bonds. The number of tetrazole rings is 1. The molecule has 0 unspecified atom stereocenters. The van der Waals surface area contributed by atoms with Gasteiger partial charge >= 0.3 is 0 Å². The Morgan fingerprint density at radius 3 is 2.54 bits per heavy atom. The second kappa shape index (κ2) is 9.21. The topological polar surface area (TPSA) is 73.1 Å². The fourth-order valence-corrected chi connectivity index (χ4v) is 3.55. The highest BCUT2D eigenvalue weighted by molar-refractivity contribution is 7.99. The van der Waals surface area contributed by atoms with E-state index in [4.69, 9.17) is 4.74 Å². The molecule has 0 saturated heterocycles. The van der Waals surface area contributed by atoms with Crippen LogP contribution >= 0.6 is 11.8 Å². The molecule has 0 aliphatic rings. The van der Waals surface area contributed by atoms with Crippen LogP contribution in [0.25, 0.3) is 0 Å². The molecule has 1 aromatic heterocycles. The highest BCUT2D eigenvalue weighted by Gasteiger charge is 2.19. The number of aromatic nitrogens is 4. The molecule has 148 valence electrons. The van der Waals surface area contributed by atoms with Crippen molar-refractivity contribution in [1.82, 2.24) is 20.2 Å². The first kappa shape index (κ1) is 20.4. The Bertz CT molecular complexity index is 877. The van der Waals surface area contributed by atoms with E-state index >= 15 is 0 Å². The van der Waals surface area contributed by atoms with Crippen LogP contribution in [0, 0.1) is 0 Å². The molecule has 0 bridgehead atoms. The summed E-state index contributed by atoms with van der Waals surface area (Å²) in [6.07, 6.45) is -0.625. The minimum atomic E-state index is -0.625. The minimum Gasteiger partial charge on any atom is -0.491 e. The zero-order chi connectivity index (χ0) is 20.0. The van der Waals surface area contributed by atoms with Gasteiger partial charge in [0, 0.05) is 5.75 Å². The van der Waals surface area contributed by atoms with Gasteiger partial charge in [-0.1, -0.05) is 81.1 Å². The molecular formula is C21H26N4O2S. The predicted molar refractivity (Wildman–Crippen MR) is 111 cm³/mol. The number of benzene rings is 2. The lowest BCUT2D eigenvalue weighted by atomic mass is 9.86. The van der Waals surface area contributed by atoms with Gasteiger partial charge in [0.2, 0.25) is 5.16 Å². The third-order valence-electron chi connectivity index (χ3n) is 4.21. The molecule has 1 atom stereocenters. The SMILES string of the molecule is CC(C)(C)c1ccccc1OC[C@@H](O)CSc1nnnn1Cc1ccccc1. The first-order valence-electron chi connectivity index (χ1n) is 9.27. The fourth-order valence-electron chi connectivity index (χ4n) is 2.77. The molecule has 28 heavy (non-hydrogen) atoms. The summed E-state index contributed by atoms with van der Waals surface area (Å²) in [5.41, 5.74) is 2.23. The zero-order valence-electron chi connectivity index (χ0n) is 16.4. The van der Waals surface area contributed by atoms with Crippen LogP contribution in [0.15, 0.2) is 59.8 Å². The van der Waals surface area contributed by atoms with E-state index in [0.717, 1.165) is 16.9 Å². The van der Waals surface area contributed by atoms with Crippen LogP contribution in [0.3, 0.4) is 0 Å². The van der Waals surface area contributed by atoms with E-state index in [-0.39, 0.29) is 12.0 Å². The molecule has 0 saturated carbocycles. The van der Waals surface area contributed by atoms with Gasteiger partial charge in [0.25, 0.3) is 0 Å². The molecule has 1 N–H and O–H groups in total. The second-order valence-corrected chi connectivity index (χ2v) is 8.61. The average Bonchev–Trinajstić information content (AvgIpc) is 3.12. The maximum absolute atomic E-state index is 10.4. The highest BCUT2D eigenvalue weighted by Crippen LogP contribution is 2.31. The van der Waals surface area contributed by atoms with Gasteiger partial charge in [-0.25, -0.2) is 4.68 Å². The molecule has 3 rings (SSSR count). The number of hydrogen-bond acceptors (Lipinski definition) is 6. The van der Waals surface area contributed by atoms with Crippen LogP contribution in [0.4, 0.5) is 0 Å². The van der Waals surface area contributed by atoms with Gasteiger partial charge in [0.15, 0.2) is 0 Å². The van der Waals surface area contributed by atoms with Crippen LogP contribution in [-0.4, -0.2) is 43.8 Å². The number of ether oxygens (including phenoxy) is 1.